The molecule has 1 aromatic heterocycles. The number of halogens is 2. The van der Waals surface area contributed by atoms with Crippen molar-refractivity contribution in [3.63, 3.8) is 0 Å². The van der Waals surface area contributed by atoms with Crippen LogP contribution in [0.3, 0.4) is 0 Å². The first-order chi connectivity index (χ1) is 7.13. The van der Waals surface area contributed by atoms with Crippen LogP contribution in [-0.4, -0.2) is 9.55 Å². The normalized spacial score (nSPS) is 11.1. The van der Waals surface area contributed by atoms with E-state index < -0.39 is 5.82 Å². The number of fused-ring (bicyclic) bond motifs is 1. The molecular formula is C10H11ClFN3. The third kappa shape index (κ3) is 1.65. The number of aromatic nitrogens is 2. The quantitative estimate of drug-likeness (QED) is 0.858. The number of hydrogen-bond acceptors (Lipinski definition) is 2. The summed E-state index contributed by atoms with van der Waals surface area (Å²) in [6, 6.07) is 2.87. The number of rotatable bonds is 2. The average Bonchev–Trinajstić information content (AvgIpc) is 2.46. The van der Waals surface area contributed by atoms with Gasteiger partial charge in [-0.05, 0) is 12.5 Å². The second kappa shape index (κ2) is 3.70. The van der Waals surface area contributed by atoms with Crippen molar-refractivity contribution in [3.05, 3.63) is 23.0 Å². The molecule has 0 aliphatic heterocycles. The summed E-state index contributed by atoms with van der Waals surface area (Å²) < 4.78 is 15.0. The molecule has 5 heteroatoms. The molecule has 2 rings (SSSR count). The third-order valence-corrected chi connectivity index (χ3v) is 2.56. The predicted octanol–water partition coefficient (Wildman–Crippen LogP) is 2.82. The molecule has 0 unspecified atom stereocenters. The highest BCUT2D eigenvalue weighted by molar-refractivity contribution is 6.31. The minimum atomic E-state index is -0.467. The molecule has 1 aromatic carbocycles. The van der Waals surface area contributed by atoms with Crippen LogP contribution in [0, 0.1) is 5.82 Å². The highest BCUT2D eigenvalue weighted by atomic mass is 35.5. The van der Waals surface area contributed by atoms with Gasteiger partial charge < -0.3 is 10.3 Å². The van der Waals surface area contributed by atoms with E-state index in [-0.39, 0.29) is 5.02 Å². The largest absolute Gasteiger partial charge is 0.369 e. The van der Waals surface area contributed by atoms with Crippen molar-refractivity contribution in [2.75, 3.05) is 5.73 Å². The summed E-state index contributed by atoms with van der Waals surface area (Å²) in [5, 5.41) is 0.0970. The molecule has 0 aliphatic carbocycles. The van der Waals surface area contributed by atoms with E-state index in [1.807, 2.05) is 11.5 Å². The minimum Gasteiger partial charge on any atom is -0.369 e. The smallest absolute Gasteiger partial charge is 0.201 e. The summed E-state index contributed by atoms with van der Waals surface area (Å²) in [5.74, 6) is -0.0705. The number of nitrogen functional groups attached to an aromatic ring is 1. The van der Waals surface area contributed by atoms with Gasteiger partial charge in [-0.2, -0.15) is 0 Å². The molecule has 0 spiro atoms. The molecule has 3 nitrogen and oxygen atoms in total. The molecule has 2 N–H and O–H groups in total. The molecule has 1 heterocycles. The summed E-state index contributed by atoms with van der Waals surface area (Å²) in [7, 11) is 0. The monoisotopic (exact) mass is 227 g/mol. The van der Waals surface area contributed by atoms with Gasteiger partial charge in [0.05, 0.1) is 16.1 Å². The number of nitrogens with two attached hydrogens (primary N) is 1. The SMILES string of the molecule is CCCn1c(N)nc2cc(F)c(Cl)cc21. The van der Waals surface area contributed by atoms with Crippen molar-refractivity contribution < 1.29 is 4.39 Å². The van der Waals surface area contributed by atoms with Crippen LogP contribution in [0.2, 0.25) is 5.02 Å². The maximum absolute atomic E-state index is 13.2. The van der Waals surface area contributed by atoms with Gasteiger partial charge in [0.15, 0.2) is 0 Å². The summed E-state index contributed by atoms with van der Waals surface area (Å²) in [6.07, 6.45) is 0.935. The number of imidazole rings is 1. The van der Waals surface area contributed by atoms with Gasteiger partial charge in [-0.25, -0.2) is 9.37 Å². The number of benzene rings is 1. The number of hydrogen-bond donors (Lipinski definition) is 1. The number of aryl methyl sites for hydroxylation is 1. The summed E-state index contributed by atoms with van der Waals surface area (Å²) in [4.78, 5) is 4.08. The van der Waals surface area contributed by atoms with Crippen LogP contribution >= 0.6 is 11.6 Å². The Bertz CT molecular complexity index is 507. The molecule has 0 fully saturated rings. The lowest BCUT2D eigenvalue weighted by molar-refractivity contribution is 0.629. The van der Waals surface area contributed by atoms with Crippen molar-refractivity contribution in [1.82, 2.24) is 9.55 Å². The standard InChI is InChI=1S/C10H11ClFN3/c1-2-3-15-9-4-6(11)7(12)5-8(9)14-10(15)13/h4-5H,2-3H2,1H3,(H2,13,14). The van der Waals surface area contributed by atoms with Gasteiger partial charge in [-0.3, -0.25) is 0 Å². The van der Waals surface area contributed by atoms with Crippen molar-refractivity contribution in [2.24, 2.45) is 0 Å². The molecule has 0 bridgehead atoms. The van der Waals surface area contributed by atoms with Gasteiger partial charge in [0.2, 0.25) is 5.95 Å². The zero-order chi connectivity index (χ0) is 11.0. The van der Waals surface area contributed by atoms with Crippen LogP contribution in [0.15, 0.2) is 12.1 Å². The fourth-order valence-corrected chi connectivity index (χ4v) is 1.76. The van der Waals surface area contributed by atoms with Crippen LogP contribution in [0.25, 0.3) is 11.0 Å². The summed E-state index contributed by atoms with van der Waals surface area (Å²) in [6.45, 7) is 2.79. The summed E-state index contributed by atoms with van der Waals surface area (Å²) >= 11 is 5.71. The van der Waals surface area contributed by atoms with Crippen molar-refractivity contribution in [2.45, 2.75) is 19.9 Å². The lowest BCUT2D eigenvalue weighted by atomic mass is 10.3. The molecule has 0 saturated heterocycles. The average molecular weight is 228 g/mol. The molecular weight excluding hydrogens is 217 g/mol. The van der Waals surface area contributed by atoms with Crippen LogP contribution in [0.1, 0.15) is 13.3 Å². The lowest BCUT2D eigenvalue weighted by Gasteiger charge is -2.03. The van der Waals surface area contributed by atoms with E-state index in [9.17, 15) is 4.39 Å². The van der Waals surface area contributed by atoms with Crippen LogP contribution in [0.4, 0.5) is 10.3 Å². The van der Waals surface area contributed by atoms with Crippen LogP contribution in [0.5, 0.6) is 0 Å². The molecule has 80 valence electrons. The Balaban J connectivity index is 2.70. The lowest BCUT2D eigenvalue weighted by Crippen LogP contribution is -2.02. The van der Waals surface area contributed by atoms with Crippen molar-refractivity contribution >= 4 is 28.6 Å². The second-order valence-electron chi connectivity index (χ2n) is 3.38. The predicted molar refractivity (Wildman–Crippen MR) is 59.4 cm³/mol. The van der Waals surface area contributed by atoms with Crippen molar-refractivity contribution in [3.8, 4) is 0 Å². The first-order valence-electron chi connectivity index (χ1n) is 4.74. The zero-order valence-electron chi connectivity index (χ0n) is 8.30. The highest BCUT2D eigenvalue weighted by Gasteiger charge is 2.10. The minimum absolute atomic E-state index is 0.0970. The fraction of sp³-hybridized carbons (Fsp3) is 0.300. The molecule has 15 heavy (non-hydrogen) atoms. The third-order valence-electron chi connectivity index (χ3n) is 2.27. The Morgan fingerprint density at radius 1 is 1.53 bits per heavy atom. The van der Waals surface area contributed by atoms with Crippen LogP contribution in [-0.2, 0) is 6.54 Å². The van der Waals surface area contributed by atoms with E-state index in [1.54, 1.807) is 6.07 Å². The zero-order valence-corrected chi connectivity index (χ0v) is 9.05. The Kier molecular flexibility index (Phi) is 2.52. The van der Waals surface area contributed by atoms with Gasteiger partial charge in [0.1, 0.15) is 5.82 Å². The molecule has 0 radical (unpaired) electrons. The topological polar surface area (TPSA) is 43.8 Å². The Morgan fingerprint density at radius 3 is 2.93 bits per heavy atom. The highest BCUT2D eigenvalue weighted by Crippen LogP contribution is 2.24. The summed E-state index contributed by atoms with van der Waals surface area (Å²) in [5.41, 5.74) is 7.05. The Labute approximate surface area is 91.7 Å². The fourth-order valence-electron chi connectivity index (χ4n) is 1.60. The van der Waals surface area contributed by atoms with E-state index in [2.05, 4.69) is 4.98 Å². The van der Waals surface area contributed by atoms with Gasteiger partial charge >= 0.3 is 0 Å². The molecule has 2 aromatic rings. The number of anilines is 1. The molecule has 0 aliphatic rings. The maximum Gasteiger partial charge on any atom is 0.201 e. The van der Waals surface area contributed by atoms with E-state index in [4.69, 9.17) is 17.3 Å². The van der Waals surface area contributed by atoms with Gasteiger partial charge in [0, 0.05) is 12.6 Å². The van der Waals surface area contributed by atoms with E-state index in [0.29, 0.717) is 11.5 Å². The van der Waals surface area contributed by atoms with Gasteiger partial charge in [0.25, 0.3) is 0 Å². The Morgan fingerprint density at radius 2 is 2.27 bits per heavy atom. The second-order valence-corrected chi connectivity index (χ2v) is 3.78. The first kappa shape index (κ1) is 10.2. The van der Waals surface area contributed by atoms with Crippen LogP contribution < -0.4 is 5.73 Å². The van der Waals surface area contributed by atoms with E-state index in [1.165, 1.54) is 6.07 Å². The van der Waals surface area contributed by atoms with E-state index >= 15 is 0 Å². The number of nitrogens with zero attached hydrogens (tertiary/aromatic N) is 2. The van der Waals surface area contributed by atoms with Gasteiger partial charge in [-0.15, -0.1) is 0 Å². The Hall–Kier alpha value is -1.29. The maximum atomic E-state index is 13.2. The molecule has 0 saturated carbocycles. The van der Waals surface area contributed by atoms with Gasteiger partial charge in [-0.1, -0.05) is 18.5 Å². The van der Waals surface area contributed by atoms with E-state index in [0.717, 1.165) is 18.5 Å². The first-order valence-corrected chi connectivity index (χ1v) is 5.12. The van der Waals surface area contributed by atoms with Crippen molar-refractivity contribution in [1.29, 1.82) is 0 Å². The molecule has 0 atom stereocenters. The molecule has 0 amide bonds.